The maximum absolute atomic E-state index is 13.6. The number of anilines is 1. The zero-order valence-corrected chi connectivity index (χ0v) is 17.7. The van der Waals surface area contributed by atoms with E-state index in [0.29, 0.717) is 38.1 Å². The number of fused-ring (bicyclic) bond motifs is 8. The van der Waals surface area contributed by atoms with Crippen molar-refractivity contribution in [2.45, 2.75) is 49.7 Å². The number of hydrogen-bond acceptors (Lipinski definition) is 5. The van der Waals surface area contributed by atoms with Crippen molar-refractivity contribution in [3.63, 3.8) is 0 Å². The molecule has 5 nitrogen and oxygen atoms in total. The maximum atomic E-state index is 13.6. The van der Waals surface area contributed by atoms with Crippen LogP contribution in [0.2, 0.25) is 0 Å². The molecule has 0 amide bonds. The van der Waals surface area contributed by atoms with E-state index in [1.165, 1.54) is 5.01 Å². The van der Waals surface area contributed by atoms with Crippen LogP contribution in [0.1, 0.15) is 36.8 Å². The third-order valence-corrected chi connectivity index (χ3v) is 8.54. The molecule has 3 saturated carbocycles. The van der Waals surface area contributed by atoms with Gasteiger partial charge in [-0.1, -0.05) is 11.6 Å². The molecule has 0 N–H and O–H groups in total. The molecule has 6 atom stereocenters. The summed E-state index contributed by atoms with van der Waals surface area (Å²) in [5.74, 6) is 1.26. The van der Waals surface area contributed by atoms with E-state index in [0.717, 1.165) is 37.8 Å². The molecule has 2 heterocycles. The topological polar surface area (TPSA) is 40.4 Å². The summed E-state index contributed by atoms with van der Waals surface area (Å²) in [6, 6.07) is 1.49. The van der Waals surface area contributed by atoms with E-state index >= 15 is 0 Å². The fourth-order valence-corrected chi connectivity index (χ4v) is 7.51. The molecule has 2 bridgehead atoms. The molecule has 6 rings (SSSR count). The van der Waals surface area contributed by atoms with Crippen molar-refractivity contribution in [1.29, 1.82) is 0 Å². The zero-order valence-electron chi connectivity index (χ0n) is 17.7. The van der Waals surface area contributed by atoms with Gasteiger partial charge in [0, 0.05) is 19.0 Å². The van der Waals surface area contributed by atoms with Crippen LogP contribution < -0.4 is 5.01 Å². The van der Waals surface area contributed by atoms with Crippen LogP contribution in [0.4, 0.5) is 32.0 Å². The third kappa shape index (κ3) is 3.00. The lowest BCUT2D eigenvalue weighted by Gasteiger charge is -2.54. The Morgan fingerprint density at radius 1 is 0.879 bits per heavy atom. The van der Waals surface area contributed by atoms with Gasteiger partial charge in [-0.3, -0.25) is 4.90 Å². The van der Waals surface area contributed by atoms with E-state index in [2.05, 4.69) is 15.2 Å². The number of alkyl halides is 6. The van der Waals surface area contributed by atoms with Crippen LogP contribution in [0.3, 0.4) is 0 Å². The SMILES string of the molecule is FC(F)(F)c1cc(N2N=N[C@@H]3[C@H]4C[C@@H]([C@@H]5CCC[C@@H]54)[C@@]32N2CCOCC2)cc(C(F)(F)F)c1. The molecule has 5 aliphatic rings. The second kappa shape index (κ2) is 7.07. The normalized spacial score (nSPS) is 38.2. The highest BCUT2D eigenvalue weighted by molar-refractivity contribution is 5.56. The molecule has 33 heavy (non-hydrogen) atoms. The van der Waals surface area contributed by atoms with Crippen LogP contribution in [0, 0.1) is 23.7 Å². The Morgan fingerprint density at radius 3 is 2.15 bits per heavy atom. The molecule has 0 unspecified atom stereocenters. The predicted octanol–water partition coefficient (Wildman–Crippen LogP) is 5.37. The average Bonchev–Trinajstić information content (AvgIpc) is 3.51. The molecular formula is C22H24F6N4O. The standard InChI is InChI=1S/C22H24F6N4O/c23-21(24,25)12-8-13(22(26,27)28)10-14(9-12)32-20(31-4-6-33-7-5-31)18-11-17(19(20)29-30-32)15-2-1-3-16(15)18/h8-10,15-19H,1-7,11H2/t15-,16+,17-,18-,19+,20-/m0/s1. The number of rotatable bonds is 2. The van der Waals surface area contributed by atoms with Crippen LogP contribution in [-0.4, -0.2) is 42.9 Å². The van der Waals surface area contributed by atoms with Gasteiger partial charge >= 0.3 is 12.4 Å². The Balaban J connectivity index is 1.51. The molecule has 0 aromatic heterocycles. The summed E-state index contributed by atoms with van der Waals surface area (Å²) in [5, 5.41) is 10.2. The number of nitrogens with zero attached hydrogens (tertiary/aromatic N) is 4. The lowest BCUT2D eigenvalue weighted by molar-refractivity contribution is -0.143. The molecule has 0 radical (unpaired) electrons. The smallest absolute Gasteiger partial charge is 0.379 e. The number of hydrogen-bond donors (Lipinski definition) is 0. The quantitative estimate of drug-likeness (QED) is 0.541. The van der Waals surface area contributed by atoms with Gasteiger partial charge in [0.05, 0.1) is 30.0 Å². The fraction of sp³-hybridized carbons (Fsp3) is 0.727. The second-order valence-corrected chi connectivity index (χ2v) is 9.87. The first-order chi connectivity index (χ1) is 15.6. The zero-order chi connectivity index (χ0) is 23.2. The Bertz CT molecular complexity index is 942. The minimum Gasteiger partial charge on any atom is -0.379 e. The van der Waals surface area contributed by atoms with Gasteiger partial charge in [0.2, 0.25) is 0 Å². The van der Waals surface area contributed by atoms with Gasteiger partial charge in [-0.25, -0.2) is 5.01 Å². The second-order valence-electron chi connectivity index (χ2n) is 9.87. The van der Waals surface area contributed by atoms with Crippen LogP contribution in [0.5, 0.6) is 0 Å². The van der Waals surface area contributed by atoms with E-state index in [1.807, 2.05) is 0 Å². The summed E-state index contributed by atoms with van der Waals surface area (Å²) >= 11 is 0. The van der Waals surface area contributed by atoms with Crippen molar-refractivity contribution >= 4 is 5.69 Å². The van der Waals surface area contributed by atoms with E-state index in [1.54, 1.807) is 0 Å². The van der Waals surface area contributed by atoms with Crippen LogP contribution >= 0.6 is 0 Å². The number of morpholine rings is 1. The van der Waals surface area contributed by atoms with E-state index in [-0.39, 0.29) is 29.6 Å². The highest BCUT2D eigenvalue weighted by atomic mass is 19.4. The summed E-state index contributed by atoms with van der Waals surface area (Å²) in [6.45, 7) is 2.02. The molecule has 1 aromatic carbocycles. The van der Waals surface area contributed by atoms with E-state index in [9.17, 15) is 26.3 Å². The molecule has 1 aromatic rings. The predicted molar refractivity (Wildman–Crippen MR) is 105 cm³/mol. The molecule has 2 aliphatic heterocycles. The number of benzene rings is 1. The molecule has 1 saturated heterocycles. The van der Waals surface area contributed by atoms with E-state index in [4.69, 9.17) is 4.74 Å². The van der Waals surface area contributed by atoms with Gasteiger partial charge in [-0.2, -0.15) is 31.5 Å². The molecular weight excluding hydrogens is 450 g/mol. The van der Waals surface area contributed by atoms with Crippen molar-refractivity contribution in [2.24, 2.45) is 34.0 Å². The first-order valence-corrected chi connectivity index (χ1v) is 11.4. The van der Waals surface area contributed by atoms with Gasteiger partial charge in [0.15, 0.2) is 0 Å². The lowest BCUT2D eigenvalue weighted by Crippen LogP contribution is -2.69. The Hall–Kier alpha value is -1.88. The molecule has 0 spiro atoms. The van der Waals surface area contributed by atoms with Crippen molar-refractivity contribution in [1.82, 2.24) is 4.90 Å². The summed E-state index contributed by atoms with van der Waals surface area (Å²) in [4.78, 5) is 2.17. The first kappa shape index (κ1) is 21.6. The van der Waals surface area contributed by atoms with Gasteiger partial charge < -0.3 is 4.74 Å². The van der Waals surface area contributed by atoms with Crippen molar-refractivity contribution in [3.8, 4) is 0 Å². The van der Waals surface area contributed by atoms with Crippen LogP contribution in [0.15, 0.2) is 28.5 Å². The van der Waals surface area contributed by atoms with Crippen molar-refractivity contribution in [3.05, 3.63) is 29.3 Å². The first-order valence-electron chi connectivity index (χ1n) is 11.4. The fourth-order valence-electron chi connectivity index (χ4n) is 7.51. The summed E-state index contributed by atoms with van der Waals surface area (Å²) in [6.07, 6.45) is -5.69. The summed E-state index contributed by atoms with van der Waals surface area (Å²) in [5.41, 5.74) is -3.69. The molecule has 11 heteroatoms. The highest BCUT2D eigenvalue weighted by Crippen LogP contribution is 2.67. The highest BCUT2D eigenvalue weighted by Gasteiger charge is 2.73. The third-order valence-electron chi connectivity index (χ3n) is 8.54. The van der Waals surface area contributed by atoms with Gasteiger partial charge in [-0.05, 0) is 55.2 Å². The molecule has 3 aliphatic carbocycles. The summed E-state index contributed by atoms with van der Waals surface area (Å²) < 4.78 is 87.1. The summed E-state index contributed by atoms with van der Waals surface area (Å²) in [7, 11) is 0. The number of halogens is 6. The Kier molecular flexibility index (Phi) is 4.63. The number of ether oxygens (including phenoxy) is 1. The van der Waals surface area contributed by atoms with Crippen LogP contribution in [0.25, 0.3) is 0 Å². The lowest BCUT2D eigenvalue weighted by atomic mass is 9.71. The Labute approximate surface area is 186 Å². The van der Waals surface area contributed by atoms with Gasteiger partial charge in [0.25, 0.3) is 0 Å². The van der Waals surface area contributed by atoms with E-state index < -0.39 is 29.1 Å². The van der Waals surface area contributed by atoms with Gasteiger partial charge in [0.1, 0.15) is 11.7 Å². The van der Waals surface area contributed by atoms with Crippen molar-refractivity contribution < 1.29 is 31.1 Å². The maximum Gasteiger partial charge on any atom is 0.416 e. The molecule has 180 valence electrons. The van der Waals surface area contributed by atoms with Crippen molar-refractivity contribution in [2.75, 3.05) is 31.3 Å². The van der Waals surface area contributed by atoms with Crippen LogP contribution in [-0.2, 0) is 17.1 Å². The molecule has 4 fully saturated rings. The Morgan fingerprint density at radius 2 is 1.52 bits per heavy atom. The minimum absolute atomic E-state index is 0.0944. The monoisotopic (exact) mass is 474 g/mol. The van der Waals surface area contributed by atoms with Gasteiger partial charge in [-0.15, -0.1) is 0 Å². The minimum atomic E-state index is -4.91. The largest absolute Gasteiger partial charge is 0.416 e. The average molecular weight is 474 g/mol.